The Kier molecular flexibility index (Phi) is 3.55. The van der Waals surface area contributed by atoms with Crippen LogP contribution >= 0.6 is 0 Å². The summed E-state index contributed by atoms with van der Waals surface area (Å²) in [6.07, 6.45) is 3.98. The van der Waals surface area contributed by atoms with Gasteiger partial charge in [-0.15, -0.1) is 0 Å². The van der Waals surface area contributed by atoms with Gasteiger partial charge in [-0.25, -0.2) is 0 Å². The normalized spacial score (nSPS) is 10.2. The van der Waals surface area contributed by atoms with Gasteiger partial charge < -0.3 is 9.73 Å². The molecule has 0 saturated carbocycles. The molecule has 2 aromatic rings. The summed E-state index contributed by atoms with van der Waals surface area (Å²) in [6.45, 7) is 2.40. The zero-order valence-electron chi connectivity index (χ0n) is 9.64. The second-order valence-electron chi connectivity index (χ2n) is 3.76. The topological polar surface area (TPSA) is 55.1 Å². The molecular formula is C13H14N2O2. The average Bonchev–Trinajstić information content (AvgIpc) is 2.77. The Morgan fingerprint density at radius 1 is 1.41 bits per heavy atom. The van der Waals surface area contributed by atoms with E-state index in [4.69, 9.17) is 4.42 Å². The van der Waals surface area contributed by atoms with Crippen molar-refractivity contribution in [1.29, 1.82) is 0 Å². The summed E-state index contributed by atoms with van der Waals surface area (Å²) >= 11 is 0. The van der Waals surface area contributed by atoms with Crippen molar-refractivity contribution in [2.24, 2.45) is 0 Å². The van der Waals surface area contributed by atoms with Crippen LogP contribution in [-0.4, -0.2) is 17.4 Å². The number of carbonyl (C=O) groups is 1. The fraction of sp³-hybridized carbons (Fsp3) is 0.231. The third-order valence-corrected chi connectivity index (χ3v) is 2.46. The van der Waals surface area contributed by atoms with E-state index in [1.54, 1.807) is 12.3 Å². The lowest BCUT2D eigenvalue weighted by atomic mass is 10.2. The predicted octanol–water partition coefficient (Wildman–Crippen LogP) is 1.96. The van der Waals surface area contributed by atoms with E-state index >= 15 is 0 Å². The summed E-state index contributed by atoms with van der Waals surface area (Å²) in [6, 6.07) is 7.51. The lowest BCUT2D eigenvalue weighted by Crippen LogP contribution is -2.26. The van der Waals surface area contributed by atoms with Crippen LogP contribution in [0.1, 0.15) is 21.8 Å². The second kappa shape index (κ2) is 5.30. The van der Waals surface area contributed by atoms with E-state index in [-0.39, 0.29) is 5.91 Å². The summed E-state index contributed by atoms with van der Waals surface area (Å²) in [7, 11) is 0. The Bertz CT molecular complexity index is 491. The molecule has 1 N–H and O–H groups in total. The van der Waals surface area contributed by atoms with E-state index in [1.165, 1.54) is 6.26 Å². The number of pyridine rings is 1. The first-order valence-corrected chi connectivity index (χ1v) is 5.49. The zero-order chi connectivity index (χ0) is 12.1. The number of aryl methyl sites for hydroxylation is 1. The van der Waals surface area contributed by atoms with Crippen LogP contribution in [-0.2, 0) is 6.42 Å². The molecule has 2 rings (SSSR count). The van der Waals surface area contributed by atoms with Crippen molar-refractivity contribution in [2.75, 3.05) is 6.54 Å². The number of hydrogen-bond donors (Lipinski definition) is 1. The second-order valence-corrected chi connectivity index (χ2v) is 3.76. The summed E-state index contributed by atoms with van der Waals surface area (Å²) in [5, 5.41) is 2.80. The van der Waals surface area contributed by atoms with Gasteiger partial charge in [-0.3, -0.25) is 9.78 Å². The van der Waals surface area contributed by atoms with Gasteiger partial charge >= 0.3 is 0 Å². The molecule has 0 unspecified atom stereocenters. The maximum absolute atomic E-state index is 11.7. The molecule has 88 valence electrons. The number of aromatic nitrogens is 1. The van der Waals surface area contributed by atoms with Gasteiger partial charge in [-0.1, -0.05) is 6.07 Å². The molecule has 4 heteroatoms. The third-order valence-electron chi connectivity index (χ3n) is 2.46. The Morgan fingerprint density at radius 3 is 2.94 bits per heavy atom. The van der Waals surface area contributed by atoms with Crippen LogP contribution in [0, 0.1) is 6.92 Å². The minimum Gasteiger partial charge on any atom is -0.459 e. The van der Waals surface area contributed by atoms with Gasteiger partial charge in [-0.05, 0) is 25.1 Å². The minimum atomic E-state index is -0.177. The van der Waals surface area contributed by atoms with Gasteiger partial charge in [0.2, 0.25) is 0 Å². The fourth-order valence-corrected chi connectivity index (χ4v) is 1.54. The zero-order valence-corrected chi connectivity index (χ0v) is 9.64. The minimum absolute atomic E-state index is 0.177. The third kappa shape index (κ3) is 2.93. The molecule has 2 heterocycles. The molecule has 0 aliphatic carbocycles. The molecule has 0 radical (unpaired) electrons. The first kappa shape index (κ1) is 11.4. The Labute approximate surface area is 99.7 Å². The fourth-order valence-electron chi connectivity index (χ4n) is 1.54. The molecule has 0 saturated heterocycles. The Balaban J connectivity index is 1.84. The van der Waals surface area contributed by atoms with Crippen LogP contribution in [0.5, 0.6) is 0 Å². The number of nitrogens with zero attached hydrogens (tertiary/aromatic N) is 1. The monoisotopic (exact) mass is 230 g/mol. The van der Waals surface area contributed by atoms with Crippen LogP contribution in [0.3, 0.4) is 0 Å². The van der Waals surface area contributed by atoms with Gasteiger partial charge in [0.25, 0.3) is 5.91 Å². The molecule has 4 nitrogen and oxygen atoms in total. The maximum Gasteiger partial charge on any atom is 0.287 e. The highest BCUT2D eigenvalue weighted by atomic mass is 16.3. The van der Waals surface area contributed by atoms with Crippen molar-refractivity contribution in [1.82, 2.24) is 10.3 Å². The summed E-state index contributed by atoms with van der Waals surface area (Å²) in [4.78, 5) is 15.9. The average molecular weight is 230 g/mol. The quantitative estimate of drug-likeness (QED) is 0.873. The molecule has 0 atom stereocenters. The molecular weight excluding hydrogens is 216 g/mol. The van der Waals surface area contributed by atoms with Crippen LogP contribution in [0.2, 0.25) is 0 Å². The lowest BCUT2D eigenvalue weighted by Gasteiger charge is -2.03. The number of rotatable bonds is 4. The van der Waals surface area contributed by atoms with Crippen molar-refractivity contribution in [2.45, 2.75) is 13.3 Å². The van der Waals surface area contributed by atoms with Crippen LogP contribution in [0.15, 0.2) is 41.1 Å². The van der Waals surface area contributed by atoms with Crippen LogP contribution in [0.4, 0.5) is 0 Å². The molecule has 0 bridgehead atoms. The number of carbonyl (C=O) groups excluding carboxylic acids is 1. The highest BCUT2D eigenvalue weighted by Crippen LogP contribution is 2.07. The van der Waals surface area contributed by atoms with Gasteiger partial charge in [0, 0.05) is 30.4 Å². The Morgan fingerprint density at radius 2 is 2.29 bits per heavy atom. The van der Waals surface area contributed by atoms with Crippen molar-refractivity contribution in [3.05, 3.63) is 53.7 Å². The summed E-state index contributed by atoms with van der Waals surface area (Å²) in [5.41, 5.74) is 1.81. The standard InChI is InChI=1S/C13H14N2O2/c1-10-6-9-17-12(10)13(16)15-8-5-11-4-2-3-7-14-11/h2-4,6-7,9H,5,8H2,1H3,(H,15,16). The number of furan rings is 1. The molecule has 17 heavy (non-hydrogen) atoms. The maximum atomic E-state index is 11.7. The number of nitrogens with one attached hydrogen (secondary N) is 1. The SMILES string of the molecule is Cc1ccoc1C(=O)NCCc1ccccn1. The molecule has 0 fully saturated rings. The van der Waals surface area contributed by atoms with Crippen molar-refractivity contribution >= 4 is 5.91 Å². The molecule has 0 spiro atoms. The number of amides is 1. The molecule has 0 aliphatic rings. The highest BCUT2D eigenvalue weighted by molar-refractivity contribution is 5.92. The van der Waals surface area contributed by atoms with Crippen molar-refractivity contribution < 1.29 is 9.21 Å². The lowest BCUT2D eigenvalue weighted by molar-refractivity contribution is 0.0925. The largest absolute Gasteiger partial charge is 0.459 e. The molecule has 0 aromatic carbocycles. The van der Waals surface area contributed by atoms with Crippen molar-refractivity contribution in [3.8, 4) is 0 Å². The van der Waals surface area contributed by atoms with E-state index < -0.39 is 0 Å². The van der Waals surface area contributed by atoms with E-state index in [1.807, 2.05) is 25.1 Å². The summed E-state index contributed by atoms with van der Waals surface area (Å²) in [5.74, 6) is 0.203. The first-order valence-electron chi connectivity index (χ1n) is 5.49. The predicted molar refractivity (Wildman–Crippen MR) is 63.7 cm³/mol. The first-order chi connectivity index (χ1) is 8.27. The van der Waals surface area contributed by atoms with Gasteiger partial charge in [-0.2, -0.15) is 0 Å². The Hall–Kier alpha value is -2.10. The van der Waals surface area contributed by atoms with E-state index in [2.05, 4.69) is 10.3 Å². The van der Waals surface area contributed by atoms with Crippen LogP contribution < -0.4 is 5.32 Å². The molecule has 1 amide bonds. The van der Waals surface area contributed by atoms with Gasteiger partial charge in [0.15, 0.2) is 5.76 Å². The smallest absolute Gasteiger partial charge is 0.287 e. The highest BCUT2D eigenvalue weighted by Gasteiger charge is 2.11. The number of hydrogen-bond acceptors (Lipinski definition) is 3. The van der Waals surface area contributed by atoms with Gasteiger partial charge in [0.05, 0.1) is 6.26 Å². The van der Waals surface area contributed by atoms with E-state index in [0.717, 1.165) is 11.3 Å². The molecule has 2 aromatic heterocycles. The van der Waals surface area contributed by atoms with Crippen LogP contribution in [0.25, 0.3) is 0 Å². The summed E-state index contributed by atoms with van der Waals surface area (Å²) < 4.78 is 5.10. The van der Waals surface area contributed by atoms with Gasteiger partial charge in [0.1, 0.15) is 0 Å². The van der Waals surface area contributed by atoms with Crippen molar-refractivity contribution in [3.63, 3.8) is 0 Å². The van der Waals surface area contributed by atoms with E-state index in [0.29, 0.717) is 18.7 Å². The van der Waals surface area contributed by atoms with E-state index in [9.17, 15) is 4.79 Å². The molecule has 0 aliphatic heterocycles.